The van der Waals surface area contributed by atoms with Gasteiger partial charge in [0.15, 0.2) is 0 Å². The van der Waals surface area contributed by atoms with E-state index >= 15 is 0 Å². The molecular formula is C16H18BrFN2O3. The summed E-state index contributed by atoms with van der Waals surface area (Å²) in [5.41, 5.74) is 0.689. The number of carbonyl (C=O) groups excluding carboxylic acids is 1. The zero-order valence-corrected chi connectivity index (χ0v) is 14.1. The number of benzene rings is 1. The largest absolute Gasteiger partial charge is 0.491 e. The van der Waals surface area contributed by atoms with Crippen molar-refractivity contribution in [3.05, 3.63) is 28.0 Å². The minimum atomic E-state index is -0.369. The fourth-order valence-corrected chi connectivity index (χ4v) is 3.85. The molecule has 2 amide bonds. The molecule has 4 rings (SSSR count). The molecule has 23 heavy (non-hydrogen) atoms. The van der Waals surface area contributed by atoms with Gasteiger partial charge in [0.2, 0.25) is 0 Å². The van der Waals surface area contributed by atoms with E-state index in [1.807, 2.05) is 0 Å². The van der Waals surface area contributed by atoms with Crippen LogP contribution in [0.1, 0.15) is 30.9 Å². The Hall–Kier alpha value is -1.34. The first-order valence-electron chi connectivity index (χ1n) is 7.85. The van der Waals surface area contributed by atoms with Crippen LogP contribution >= 0.6 is 15.9 Å². The molecule has 1 aliphatic carbocycles. The summed E-state index contributed by atoms with van der Waals surface area (Å²) in [5.74, 6) is 0.525. The molecule has 1 aromatic rings. The number of hydrogen-bond acceptors (Lipinski definition) is 3. The first kappa shape index (κ1) is 15.2. The number of rotatable bonds is 3. The van der Waals surface area contributed by atoms with Gasteiger partial charge in [-0.3, -0.25) is 0 Å². The van der Waals surface area contributed by atoms with E-state index in [0.717, 1.165) is 38.0 Å². The van der Waals surface area contributed by atoms with Crippen LogP contribution in [0, 0.1) is 11.7 Å². The number of ether oxygens (including phenoxy) is 2. The molecule has 5 nitrogen and oxygen atoms in total. The van der Waals surface area contributed by atoms with E-state index in [-0.39, 0.29) is 23.4 Å². The van der Waals surface area contributed by atoms with E-state index in [9.17, 15) is 9.18 Å². The highest BCUT2D eigenvalue weighted by Crippen LogP contribution is 2.45. The summed E-state index contributed by atoms with van der Waals surface area (Å²) in [5, 5.41) is 6.06. The maximum Gasteiger partial charge on any atom is 0.315 e. The van der Waals surface area contributed by atoms with Gasteiger partial charge in [0.25, 0.3) is 0 Å². The van der Waals surface area contributed by atoms with Gasteiger partial charge in [0, 0.05) is 29.7 Å². The number of carbonyl (C=O) groups is 1. The zero-order chi connectivity index (χ0) is 16.0. The molecule has 2 N–H and O–H groups in total. The second-order valence-electron chi connectivity index (χ2n) is 6.48. The smallest absolute Gasteiger partial charge is 0.315 e. The van der Waals surface area contributed by atoms with Gasteiger partial charge in [-0.05, 0) is 41.3 Å². The van der Waals surface area contributed by atoms with Gasteiger partial charge in [0.1, 0.15) is 18.2 Å². The summed E-state index contributed by atoms with van der Waals surface area (Å²) >= 11 is 3.17. The minimum Gasteiger partial charge on any atom is -0.491 e. The molecule has 2 aliphatic heterocycles. The van der Waals surface area contributed by atoms with E-state index in [2.05, 4.69) is 26.6 Å². The van der Waals surface area contributed by atoms with Crippen molar-refractivity contribution in [1.29, 1.82) is 0 Å². The molecule has 2 heterocycles. The Labute approximate surface area is 142 Å². The monoisotopic (exact) mass is 384 g/mol. The maximum atomic E-state index is 13.5. The first-order chi connectivity index (χ1) is 11.1. The Morgan fingerprint density at radius 2 is 2.17 bits per heavy atom. The van der Waals surface area contributed by atoms with Crippen molar-refractivity contribution in [1.82, 2.24) is 10.6 Å². The average molecular weight is 385 g/mol. The van der Waals surface area contributed by atoms with Gasteiger partial charge in [-0.2, -0.15) is 0 Å². The third kappa shape index (κ3) is 2.80. The molecule has 0 aromatic heterocycles. The highest BCUT2D eigenvalue weighted by Gasteiger charge is 2.51. The Morgan fingerprint density at radius 3 is 2.87 bits per heavy atom. The SMILES string of the molecule is O=C(NC1COc2cc(F)c(Br)cc21)NC1(C2CCOC2)CC1. The van der Waals surface area contributed by atoms with Crippen molar-refractivity contribution in [3.63, 3.8) is 0 Å². The van der Waals surface area contributed by atoms with Gasteiger partial charge in [-0.1, -0.05) is 0 Å². The summed E-state index contributed by atoms with van der Waals surface area (Å²) in [6.45, 7) is 1.82. The normalized spacial score (nSPS) is 27.2. The molecule has 1 saturated carbocycles. The van der Waals surface area contributed by atoms with Crippen LogP contribution in [0.25, 0.3) is 0 Å². The summed E-state index contributed by atoms with van der Waals surface area (Å²) in [4.78, 5) is 12.4. The second kappa shape index (κ2) is 5.63. The van der Waals surface area contributed by atoms with Gasteiger partial charge in [-0.25, -0.2) is 9.18 Å². The van der Waals surface area contributed by atoms with Crippen LogP contribution in [0.4, 0.5) is 9.18 Å². The van der Waals surface area contributed by atoms with E-state index < -0.39 is 0 Å². The molecule has 0 bridgehead atoms. The van der Waals surface area contributed by atoms with Crippen LogP contribution < -0.4 is 15.4 Å². The number of urea groups is 1. The molecule has 2 unspecified atom stereocenters. The van der Waals surface area contributed by atoms with Crippen molar-refractivity contribution in [3.8, 4) is 5.75 Å². The lowest BCUT2D eigenvalue weighted by molar-refractivity contribution is 0.172. The van der Waals surface area contributed by atoms with Crippen LogP contribution in [0.2, 0.25) is 0 Å². The van der Waals surface area contributed by atoms with Crippen molar-refractivity contribution in [2.24, 2.45) is 5.92 Å². The number of hydrogen-bond donors (Lipinski definition) is 2. The van der Waals surface area contributed by atoms with E-state index in [1.165, 1.54) is 6.07 Å². The topological polar surface area (TPSA) is 59.6 Å². The van der Waals surface area contributed by atoms with Gasteiger partial charge in [-0.15, -0.1) is 0 Å². The van der Waals surface area contributed by atoms with Crippen molar-refractivity contribution in [2.45, 2.75) is 30.8 Å². The lowest BCUT2D eigenvalue weighted by atomic mass is 9.96. The quantitative estimate of drug-likeness (QED) is 0.842. The summed E-state index contributed by atoms with van der Waals surface area (Å²) in [7, 11) is 0. The van der Waals surface area contributed by atoms with Crippen LogP contribution in [0.5, 0.6) is 5.75 Å². The van der Waals surface area contributed by atoms with Crippen LogP contribution in [-0.2, 0) is 4.74 Å². The molecule has 0 radical (unpaired) electrons. The molecule has 0 spiro atoms. The predicted octanol–water partition coefficient (Wildman–Crippen LogP) is 2.89. The fourth-order valence-electron chi connectivity index (χ4n) is 3.48. The standard InChI is InChI=1S/C16H18BrFN2O3/c17-11-5-10-13(8-23-14(10)6-12(11)18)19-15(21)20-16(2-3-16)9-1-4-22-7-9/h5-6,9,13H,1-4,7-8H2,(H2,19,20,21). The number of halogens is 2. The maximum absolute atomic E-state index is 13.5. The molecule has 1 saturated heterocycles. The number of nitrogens with one attached hydrogen (secondary N) is 2. The van der Waals surface area contributed by atoms with E-state index in [1.54, 1.807) is 6.07 Å². The van der Waals surface area contributed by atoms with Crippen LogP contribution in [0.3, 0.4) is 0 Å². The molecule has 124 valence electrons. The second-order valence-corrected chi connectivity index (χ2v) is 7.34. The Balaban J connectivity index is 1.42. The minimum absolute atomic E-state index is 0.105. The van der Waals surface area contributed by atoms with Gasteiger partial charge in [0.05, 0.1) is 17.1 Å². The average Bonchev–Trinajstić information content (AvgIpc) is 2.95. The molecule has 1 aromatic carbocycles. The predicted molar refractivity (Wildman–Crippen MR) is 84.9 cm³/mol. The highest BCUT2D eigenvalue weighted by molar-refractivity contribution is 9.10. The Morgan fingerprint density at radius 1 is 1.35 bits per heavy atom. The molecular weight excluding hydrogens is 367 g/mol. The first-order valence-corrected chi connectivity index (χ1v) is 8.65. The van der Waals surface area contributed by atoms with Gasteiger partial charge < -0.3 is 20.1 Å². The Kier molecular flexibility index (Phi) is 3.72. The lowest BCUT2D eigenvalue weighted by Crippen LogP contribution is -2.48. The van der Waals surface area contributed by atoms with E-state index in [0.29, 0.717) is 22.7 Å². The lowest BCUT2D eigenvalue weighted by Gasteiger charge is -2.24. The zero-order valence-electron chi connectivity index (χ0n) is 12.5. The van der Waals surface area contributed by atoms with Crippen molar-refractivity contribution >= 4 is 22.0 Å². The molecule has 2 fully saturated rings. The Bertz CT molecular complexity index is 644. The summed E-state index contributed by atoms with van der Waals surface area (Å²) < 4.78 is 24.8. The summed E-state index contributed by atoms with van der Waals surface area (Å²) in [6.07, 6.45) is 3.01. The third-order valence-corrected chi connectivity index (χ3v) is 5.61. The van der Waals surface area contributed by atoms with Crippen molar-refractivity contribution < 1.29 is 18.7 Å². The van der Waals surface area contributed by atoms with Crippen LogP contribution in [0.15, 0.2) is 16.6 Å². The third-order valence-electron chi connectivity index (χ3n) is 5.00. The summed E-state index contributed by atoms with van der Waals surface area (Å²) in [6, 6.07) is 2.55. The van der Waals surface area contributed by atoms with Gasteiger partial charge >= 0.3 is 6.03 Å². The molecule has 2 atom stereocenters. The van der Waals surface area contributed by atoms with Crippen LogP contribution in [-0.4, -0.2) is 31.4 Å². The van der Waals surface area contributed by atoms with Crippen molar-refractivity contribution in [2.75, 3.05) is 19.8 Å². The number of amides is 2. The molecule has 3 aliphatic rings. The number of fused-ring (bicyclic) bond motifs is 1. The highest BCUT2D eigenvalue weighted by atomic mass is 79.9. The van der Waals surface area contributed by atoms with E-state index in [4.69, 9.17) is 9.47 Å². The molecule has 7 heteroatoms. The fraction of sp³-hybridized carbons (Fsp3) is 0.562.